The van der Waals surface area contributed by atoms with E-state index in [2.05, 4.69) is 10.3 Å². The lowest BCUT2D eigenvalue weighted by Crippen LogP contribution is -2.30. The molecule has 1 atom stereocenters. The predicted octanol–water partition coefficient (Wildman–Crippen LogP) is 0.673. The minimum Gasteiger partial charge on any atom is -0.369 e. The van der Waals surface area contributed by atoms with E-state index in [1.54, 1.807) is 21.9 Å². The number of hydrogen-bond acceptors (Lipinski definition) is 4. The number of aromatic nitrogens is 3. The molecule has 3 rings (SSSR count). The van der Waals surface area contributed by atoms with Crippen LogP contribution in [0.2, 0.25) is 0 Å². The Bertz CT molecular complexity index is 753. The lowest BCUT2D eigenvalue weighted by atomic mass is 10.1. The van der Waals surface area contributed by atoms with Crippen LogP contribution in [0.1, 0.15) is 17.7 Å². The maximum atomic E-state index is 12.1. The molecule has 2 heterocycles. The Morgan fingerprint density at radius 3 is 2.79 bits per heavy atom. The van der Waals surface area contributed by atoms with Crippen molar-refractivity contribution in [2.45, 2.75) is 13.0 Å². The van der Waals surface area contributed by atoms with Crippen molar-refractivity contribution in [1.82, 2.24) is 19.9 Å². The van der Waals surface area contributed by atoms with Gasteiger partial charge in [-0.1, -0.05) is 35.5 Å². The van der Waals surface area contributed by atoms with Gasteiger partial charge in [-0.15, -0.1) is 5.10 Å². The van der Waals surface area contributed by atoms with Crippen LogP contribution >= 0.6 is 0 Å². The molecule has 0 bridgehead atoms. The van der Waals surface area contributed by atoms with Crippen LogP contribution in [0.5, 0.6) is 0 Å². The molecule has 0 aliphatic carbocycles. The molecule has 1 aromatic carbocycles. The molecule has 0 saturated carbocycles. The first-order chi connectivity index (χ1) is 11.6. The highest BCUT2D eigenvalue weighted by Crippen LogP contribution is 2.16. The van der Waals surface area contributed by atoms with E-state index in [-0.39, 0.29) is 17.7 Å². The molecular weight excluding hydrogens is 306 g/mol. The van der Waals surface area contributed by atoms with Gasteiger partial charge in [0.15, 0.2) is 0 Å². The second-order valence-electron chi connectivity index (χ2n) is 5.83. The number of carbonyl (C=O) groups excluding carboxylic acids is 2. The molecule has 0 radical (unpaired) electrons. The molecule has 1 saturated heterocycles. The van der Waals surface area contributed by atoms with Crippen molar-refractivity contribution < 1.29 is 9.59 Å². The average Bonchev–Trinajstić information content (AvgIpc) is 3.23. The number of amides is 2. The normalized spacial score (nSPS) is 17.5. The van der Waals surface area contributed by atoms with Crippen LogP contribution in [0.3, 0.4) is 0 Å². The van der Waals surface area contributed by atoms with Crippen molar-refractivity contribution in [3.8, 4) is 0 Å². The van der Waals surface area contributed by atoms with Crippen LogP contribution in [0.25, 0.3) is 6.08 Å². The number of nitrogens with two attached hydrogens (primary N) is 1. The van der Waals surface area contributed by atoms with Gasteiger partial charge in [-0.3, -0.25) is 9.59 Å². The summed E-state index contributed by atoms with van der Waals surface area (Å²) in [6, 6.07) is 9.94. The third-order valence-electron chi connectivity index (χ3n) is 4.04. The zero-order valence-corrected chi connectivity index (χ0v) is 13.2. The number of primary amides is 1. The molecule has 2 N–H and O–H groups in total. The van der Waals surface area contributed by atoms with Crippen molar-refractivity contribution in [1.29, 1.82) is 0 Å². The number of benzene rings is 1. The van der Waals surface area contributed by atoms with Crippen molar-refractivity contribution in [3.63, 3.8) is 0 Å². The van der Waals surface area contributed by atoms with Gasteiger partial charge in [0.1, 0.15) is 5.69 Å². The monoisotopic (exact) mass is 325 g/mol. The molecule has 1 fully saturated rings. The molecule has 0 unspecified atom stereocenters. The quantitative estimate of drug-likeness (QED) is 0.818. The van der Waals surface area contributed by atoms with Crippen molar-refractivity contribution in [2.75, 3.05) is 13.1 Å². The fraction of sp³-hybridized carbons (Fsp3) is 0.294. The number of hydrogen-bond donors (Lipinski definition) is 1. The average molecular weight is 325 g/mol. The highest BCUT2D eigenvalue weighted by Gasteiger charge is 2.28. The van der Waals surface area contributed by atoms with Gasteiger partial charge in [-0.05, 0) is 18.1 Å². The van der Waals surface area contributed by atoms with Crippen LogP contribution < -0.4 is 5.73 Å². The lowest BCUT2D eigenvalue weighted by Gasteiger charge is -2.12. The Morgan fingerprint density at radius 1 is 1.29 bits per heavy atom. The van der Waals surface area contributed by atoms with Crippen LogP contribution in [-0.4, -0.2) is 44.8 Å². The van der Waals surface area contributed by atoms with E-state index in [1.807, 2.05) is 30.3 Å². The second-order valence-corrected chi connectivity index (χ2v) is 5.83. The summed E-state index contributed by atoms with van der Waals surface area (Å²) in [5.74, 6) is -0.733. The smallest absolute Gasteiger partial charge is 0.246 e. The van der Waals surface area contributed by atoms with Crippen molar-refractivity contribution >= 4 is 17.9 Å². The first-order valence-corrected chi connectivity index (χ1v) is 7.82. The Labute approximate surface area is 139 Å². The molecule has 2 amide bonds. The van der Waals surface area contributed by atoms with E-state index in [0.29, 0.717) is 31.7 Å². The van der Waals surface area contributed by atoms with Gasteiger partial charge in [-0.2, -0.15) is 0 Å². The summed E-state index contributed by atoms with van der Waals surface area (Å²) in [4.78, 5) is 24.9. The molecule has 7 heteroatoms. The Balaban J connectivity index is 1.57. The van der Waals surface area contributed by atoms with Crippen LogP contribution in [0.15, 0.2) is 42.6 Å². The van der Waals surface area contributed by atoms with E-state index in [0.717, 1.165) is 5.56 Å². The van der Waals surface area contributed by atoms with Gasteiger partial charge in [0, 0.05) is 19.2 Å². The van der Waals surface area contributed by atoms with Gasteiger partial charge in [0.05, 0.1) is 18.7 Å². The summed E-state index contributed by atoms with van der Waals surface area (Å²) in [7, 11) is 0. The SMILES string of the molecule is NC(=O)[C@@H]1CCN(C(=O)/C=C\c2cn(Cc3ccccc3)nn2)C1. The zero-order valence-electron chi connectivity index (χ0n) is 13.2. The summed E-state index contributed by atoms with van der Waals surface area (Å²) >= 11 is 0. The second kappa shape index (κ2) is 7.08. The molecule has 0 spiro atoms. The number of likely N-dealkylation sites (tertiary alicyclic amines) is 1. The number of rotatable bonds is 5. The minimum atomic E-state index is -0.349. The third-order valence-corrected chi connectivity index (χ3v) is 4.04. The fourth-order valence-corrected chi connectivity index (χ4v) is 2.69. The minimum absolute atomic E-state index is 0.142. The third kappa shape index (κ3) is 3.87. The van der Waals surface area contributed by atoms with Gasteiger partial charge in [-0.25, -0.2) is 4.68 Å². The molecule has 24 heavy (non-hydrogen) atoms. The topological polar surface area (TPSA) is 94.1 Å². The Morgan fingerprint density at radius 2 is 2.08 bits per heavy atom. The van der Waals surface area contributed by atoms with Gasteiger partial charge in [0.25, 0.3) is 0 Å². The Kier molecular flexibility index (Phi) is 4.69. The summed E-state index contributed by atoms with van der Waals surface area (Å²) in [6.45, 7) is 1.57. The van der Waals surface area contributed by atoms with Crippen LogP contribution in [0, 0.1) is 5.92 Å². The highest BCUT2D eigenvalue weighted by molar-refractivity contribution is 5.92. The predicted molar refractivity (Wildman–Crippen MR) is 88.5 cm³/mol. The summed E-state index contributed by atoms with van der Waals surface area (Å²) in [6.07, 6.45) is 5.50. The standard InChI is InChI=1S/C17H19N5O2/c18-17(24)14-8-9-21(11-14)16(23)7-6-15-12-22(20-19-15)10-13-4-2-1-3-5-13/h1-7,12,14H,8-11H2,(H2,18,24)/b7-6-/t14-/m1/s1. The summed E-state index contributed by atoms with van der Waals surface area (Å²) < 4.78 is 1.72. The fourth-order valence-electron chi connectivity index (χ4n) is 2.69. The molecular formula is C17H19N5O2. The van der Waals surface area contributed by atoms with E-state index in [4.69, 9.17) is 5.73 Å². The van der Waals surface area contributed by atoms with Gasteiger partial charge >= 0.3 is 0 Å². The van der Waals surface area contributed by atoms with Gasteiger partial charge < -0.3 is 10.6 Å². The lowest BCUT2D eigenvalue weighted by molar-refractivity contribution is -0.125. The first kappa shape index (κ1) is 15.9. The number of carbonyl (C=O) groups is 2. The summed E-state index contributed by atoms with van der Waals surface area (Å²) in [5, 5.41) is 8.09. The van der Waals surface area contributed by atoms with Crippen molar-refractivity contribution in [3.05, 3.63) is 53.9 Å². The van der Waals surface area contributed by atoms with Crippen LogP contribution in [-0.2, 0) is 16.1 Å². The highest BCUT2D eigenvalue weighted by atomic mass is 16.2. The van der Waals surface area contributed by atoms with Crippen molar-refractivity contribution in [2.24, 2.45) is 11.7 Å². The van der Waals surface area contributed by atoms with Gasteiger partial charge in [0.2, 0.25) is 11.8 Å². The molecule has 7 nitrogen and oxygen atoms in total. The Hall–Kier alpha value is -2.96. The summed E-state index contributed by atoms with van der Waals surface area (Å²) in [5.41, 5.74) is 7.02. The van der Waals surface area contributed by atoms with E-state index in [1.165, 1.54) is 6.08 Å². The van der Waals surface area contributed by atoms with Crippen LogP contribution in [0.4, 0.5) is 0 Å². The van der Waals surface area contributed by atoms with E-state index < -0.39 is 0 Å². The molecule has 2 aromatic rings. The molecule has 1 aliphatic heterocycles. The first-order valence-electron chi connectivity index (χ1n) is 7.82. The molecule has 124 valence electrons. The van der Waals surface area contributed by atoms with E-state index >= 15 is 0 Å². The van der Waals surface area contributed by atoms with E-state index in [9.17, 15) is 9.59 Å². The number of nitrogens with zero attached hydrogens (tertiary/aromatic N) is 4. The maximum absolute atomic E-state index is 12.1. The maximum Gasteiger partial charge on any atom is 0.246 e. The largest absolute Gasteiger partial charge is 0.369 e. The molecule has 1 aliphatic rings. The zero-order chi connectivity index (χ0) is 16.9. The molecule has 1 aromatic heterocycles.